The molecule has 0 unspecified atom stereocenters. The molecular formula is C20H25FN2O3. The maximum Gasteiger partial charge on any atom is 0.241 e. The molecule has 0 aliphatic heterocycles. The maximum atomic E-state index is 13.9. The van der Waals surface area contributed by atoms with Gasteiger partial charge in [-0.1, -0.05) is 25.1 Å². The summed E-state index contributed by atoms with van der Waals surface area (Å²) in [7, 11) is 2.99. The summed E-state index contributed by atoms with van der Waals surface area (Å²) in [5.74, 6) is 0.254. The molecule has 0 fully saturated rings. The lowest BCUT2D eigenvalue weighted by Crippen LogP contribution is -2.41. The number of rotatable bonds is 8. The number of carbonyl (C=O) groups is 1. The summed E-state index contributed by atoms with van der Waals surface area (Å²) < 4.78 is 24.1. The Morgan fingerprint density at radius 1 is 1.15 bits per heavy atom. The van der Waals surface area contributed by atoms with Gasteiger partial charge in [-0.15, -0.1) is 0 Å². The van der Waals surface area contributed by atoms with E-state index in [4.69, 9.17) is 9.47 Å². The first-order valence-electron chi connectivity index (χ1n) is 8.50. The predicted molar refractivity (Wildman–Crippen MR) is 100 cm³/mol. The molecule has 0 bridgehead atoms. The molecule has 1 atom stereocenters. The number of hydrogen-bond acceptors (Lipinski definition) is 4. The molecule has 140 valence electrons. The standard InChI is InChI=1S/C20H25FN2O3/c1-5-23(13-15-10-11-18(25-3)16(21)12-15)14(2)20(24)22-17-8-6-7-9-19(17)26-4/h6-12,14H,5,13H2,1-4H3,(H,22,24)/t14-/m1/s1. The van der Waals surface area contributed by atoms with E-state index in [9.17, 15) is 9.18 Å². The average Bonchev–Trinajstić information content (AvgIpc) is 2.66. The van der Waals surface area contributed by atoms with E-state index in [2.05, 4.69) is 5.32 Å². The number of nitrogens with zero attached hydrogens (tertiary/aromatic N) is 1. The Morgan fingerprint density at radius 3 is 2.46 bits per heavy atom. The molecule has 0 radical (unpaired) electrons. The largest absolute Gasteiger partial charge is 0.495 e. The van der Waals surface area contributed by atoms with Crippen molar-refractivity contribution < 1.29 is 18.7 Å². The maximum absolute atomic E-state index is 13.9. The van der Waals surface area contributed by atoms with Gasteiger partial charge >= 0.3 is 0 Å². The van der Waals surface area contributed by atoms with Crippen LogP contribution in [-0.4, -0.2) is 37.6 Å². The molecule has 0 saturated heterocycles. The summed E-state index contributed by atoms with van der Waals surface area (Å²) >= 11 is 0. The van der Waals surface area contributed by atoms with E-state index in [-0.39, 0.29) is 11.7 Å². The molecule has 6 heteroatoms. The zero-order valence-electron chi connectivity index (χ0n) is 15.6. The quantitative estimate of drug-likeness (QED) is 0.780. The first-order valence-corrected chi connectivity index (χ1v) is 8.50. The second-order valence-electron chi connectivity index (χ2n) is 5.90. The molecule has 0 aromatic heterocycles. The molecule has 0 aliphatic rings. The van der Waals surface area contributed by atoms with Crippen LogP contribution < -0.4 is 14.8 Å². The van der Waals surface area contributed by atoms with Crippen LogP contribution >= 0.6 is 0 Å². The lowest BCUT2D eigenvalue weighted by Gasteiger charge is -2.27. The lowest BCUT2D eigenvalue weighted by atomic mass is 10.1. The summed E-state index contributed by atoms with van der Waals surface area (Å²) in [5.41, 5.74) is 1.40. The third kappa shape index (κ3) is 4.73. The van der Waals surface area contributed by atoms with Crippen molar-refractivity contribution in [2.75, 3.05) is 26.1 Å². The van der Waals surface area contributed by atoms with Crippen LogP contribution in [0, 0.1) is 5.82 Å². The first-order chi connectivity index (χ1) is 12.5. The Bertz CT molecular complexity index is 752. The van der Waals surface area contributed by atoms with Crippen LogP contribution in [0.15, 0.2) is 42.5 Å². The van der Waals surface area contributed by atoms with Crippen LogP contribution in [0.3, 0.4) is 0 Å². The molecule has 2 rings (SSSR count). The van der Waals surface area contributed by atoms with Gasteiger partial charge in [-0.2, -0.15) is 0 Å². The van der Waals surface area contributed by atoms with Gasteiger partial charge < -0.3 is 14.8 Å². The van der Waals surface area contributed by atoms with E-state index in [0.29, 0.717) is 24.5 Å². The fourth-order valence-electron chi connectivity index (χ4n) is 2.72. The Kier molecular flexibility index (Phi) is 6.97. The van der Waals surface area contributed by atoms with Gasteiger partial charge in [0.05, 0.1) is 25.9 Å². The number of anilines is 1. The van der Waals surface area contributed by atoms with Crippen LogP contribution in [0.5, 0.6) is 11.5 Å². The number of nitrogens with one attached hydrogen (secondary N) is 1. The minimum absolute atomic E-state index is 0.148. The van der Waals surface area contributed by atoms with E-state index < -0.39 is 11.9 Å². The van der Waals surface area contributed by atoms with Crippen molar-refractivity contribution in [3.63, 3.8) is 0 Å². The number of halogens is 1. The van der Waals surface area contributed by atoms with Crippen LogP contribution in [-0.2, 0) is 11.3 Å². The minimum Gasteiger partial charge on any atom is -0.495 e. The van der Waals surface area contributed by atoms with Crippen molar-refractivity contribution in [3.05, 3.63) is 53.8 Å². The van der Waals surface area contributed by atoms with Crippen molar-refractivity contribution in [1.82, 2.24) is 4.90 Å². The summed E-state index contributed by atoms with van der Waals surface area (Å²) in [5, 5.41) is 2.89. The molecule has 0 heterocycles. The van der Waals surface area contributed by atoms with E-state index in [1.165, 1.54) is 13.2 Å². The van der Waals surface area contributed by atoms with Crippen LogP contribution in [0.4, 0.5) is 10.1 Å². The number of methoxy groups -OCH3 is 2. The SMILES string of the molecule is CCN(Cc1ccc(OC)c(F)c1)[C@H](C)C(=O)Nc1ccccc1OC. The van der Waals surface area contributed by atoms with Crippen molar-refractivity contribution in [2.45, 2.75) is 26.4 Å². The monoisotopic (exact) mass is 360 g/mol. The number of ether oxygens (including phenoxy) is 2. The normalized spacial score (nSPS) is 11.9. The number of para-hydroxylation sites is 2. The molecule has 1 N–H and O–H groups in total. The zero-order chi connectivity index (χ0) is 19.1. The highest BCUT2D eigenvalue weighted by atomic mass is 19.1. The van der Waals surface area contributed by atoms with Crippen LogP contribution in [0.1, 0.15) is 19.4 Å². The molecule has 26 heavy (non-hydrogen) atoms. The van der Waals surface area contributed by atoms with Gasteiger partial charge in [0.1, 0.15) is 5.75 Å². The fourth-order valence-corrected chi connectivity index (χ4v) is 2.72. The third-order valence-corrected chi connectivity index (χ3v) is 4.30. The molecule has 0 saturated carbocycles. The average molecular weight is 360 g/mol. The number of likely N-dealkylation sites (N-methyl/N-ethyl adjacent to an activating group) is 1. The molecule has 0 aliphatic carbocycles. The van der Waals surface area contributed by atoms with Crippen molar-refractivity contribution in [3.8, 4) is 11.5 Å². The predicted octanol–water partition coefficient (Wildman–Crippen LogP) is 3.69. The number of amides is 1. The number of benzene rings is 2. The Labute approximate surface area is 153 Å². The Hall–Kier alpha value is -2.60. The zero-order valence-corrected chi connectivity index (χ0v) is 15.6. The van der Waals surface area contributed by atoms with E-state index >= 15 is 0 Å². The van der Waals surface area contributed by atoms with Gasteiger partial charge in [0.15, 0.2) is 11.6 Å². The Balaban J connectivity index is 2.08. The van der Waals surface area contributed by atoms with Gasteiger partial charge in [0, 0.05) is 6.54 Å². The topological polar surface area (TPSA) is 50.8 Å². The second-order valence-corrected chi connectivity index (χ2v) is 5.90. The molecule has 2 aromatic carbocycles. The van der Waals surface area contributed by atoms with Crippen molar-refractivity contribution in [2.24, 2.45) is 0 Å². The summed E-state index contributed by atoms with van der Waals surface area (Å²) in [6.45, 7) is 4.90. The van der Waals surface area contributed by atoms with Crippen molar-refractivity contribution in [1.29, 1.82) is 0 Å². The van der Waals surface area contributed by atoms with Gasteiger partial charge in [-0.05, 0) is 43.3 Å². The number of carbonyl (C=O) groups excluding carboxylic acids is 1. The molecule has 1 amide bonds. The third-order valence-electron chi connectivity index (χ3n) is 4.30. The second kappa shape index (κ2) is 9.20. The van der Waals surface area contributed by atoms with Crippen LogP contribution in [0.25, 0.3) is 0 Å². The minimum atomic E-state index is -0.410. The Morgan fingerprint density at radius 2 is 1.85 bits per heavy atom. The van der Waals surface area contributed by atoms with Gasteiger partial charge in [0.25, 0.3) is 0 Å². The lowest BCUT2D eigenvalue weighted by molar-refractivity contribution is -0.120. The number of hydrogen-bond donors (Lipinski definition) is 1. The van der Waals surface area contributed by atoms with E-state index in [1.807, 2.05) is 30.9 Å². The van der Waals surface area contributed by atoms with Gasteiger partial charge in [-0.25, -0.2) is 4.39 Å². The van der Waals surface area contributed by atoms with Crippen molar-refractivity contribution >= 4 is 11.6 Å². The van der Waals surface area contributed by atoms with Gasteiger partial charge in [0.2, 0.25) is 5.91 Å². The van der Waals surface area contributed by atoms with E-state index in [1.54, 1.807) is 31.4 Å². The summed E-state index contributed by atoms with van der Waals surface area (Å²) in [6, 6.07) is 11.7. The molecule has 0 spiro atoms. The molecular weight excluding hydrogens is 335 g/mol. The van der Waals surface area contributed by atoms with E-state index in [0.717, 1.165) is 5.56 Å². The van der Waals surface area contributed by atoms with Crippen LogP contribution in [0.2, 0.25) is 0 Å². The smallest absolute Gasteiger partial charge is 0.241 e. The highest BCUT2D eigenvalue weighted by molar-refractivity contribution is 5.95. The van der Waals surface area contributed by atoms with Gasteiger partial charge in [-0.3, -0.25) is 9.69 Å². The first kappa shape index (κ1) is 19.7. The molecule has 5 nitrogen and oxygen atoms in total. The summed E-state index contributed by atoms with van der Waals surface area (Å²) in [4.78, 5) is 14.6. The fraction of sp³-hybridized carbons (Fsp3) is 0.350. The highest BCUT2D eigenvalue weighted by Crippen LogP contribution is 2.24. The highest BCUT2D eigenvalue weighted by Gasteiger charge is 2.21. The molecule has 2 aromatic rings. The summed E-state index contributed by atoms with van der Waals surface area (Å²) in [6.07, 6.45) is 0.